The first-order chi connectivity index (χ1) is 11.8. The van der Waals surface area contributed by atoms with Crippen molar-refractivity contribution < 1.29 is 18.0 Å². The molecule has 0 unspecified atom stereocenters. The smallest absolute Gasteiger partial charge is 0.315 e. The minimum absolute atomic E-state index is 0.00559. The monoisotopic (exact) mass is 477 g/mol. The van der Waals surface area contributed by atoms with Crippen LogP contribution in [0.4, 0.5) is 10.5 Å². The first kappa shape index (κ1) is 18.4. The van der Waals surface area contributed by atoms with E-state index in [1.807, 2.05) is 24.3 Å². The highest BCUT2D eigenvalue weighted by Gasteiger charge is 2.51. The lowest BCUT2D eigenvalue weighted by Crippen LogP contribution is -2.39. The van der Waals surface area contributed by atoms with Gasteiger partial charge in [-0.1, -0.05) is 6.42 Å². The molecule has 0 aromatic heterocycles. The molecule has 3 rings (SSSR count). The van der Waals surface area contributed by atoms with Crippen molar-refractivity contribution in [3.63, 3.8) is 0 Å². The van der Waals surface area contributed by atoms with E-state index in [0.717, 1.165) is 9.26 Å². The Balaban J connectivity index is 1.44. The maximum Gasteiger partial charge on any atom is 0.315 e. The summed E-state index contributed by atoms with van der Waals surface area (Å²) in [6.45, 7) is 0. The molecule has 2 aliphatic rings. The zero-order valence-electron chi connectivity index (χ0n) is 13.5. The van der Waals surface area contributed by atoms with Gasteiger partial charge in [0.1, 0.15) is 0 Å². The fourth-order valence-corrected chi connectivity index (χ4v) is 6.02. The van der Waals surface area contributed by atoms with Crippen molar-refractivity contribution in [2.45, 2.75) is 43.0 Å². The molecule has 0 spiro atoms. The lowest BCUT2D eigenvalue weighted by atomic mass is 10.0. The van der Waals surface area contributed by atoms with E-state index in [4.69, 9.17) is 0 Å². The molecule has 2 heterocycles. The Morgan fingerprint density at radius 1 is 1.20 bits per heavy atom. The second-order valence-corrected chi connectivity index (χ2v) is 9.93. The third-order valence-electron chi connectivity index (χ3n) is 4.59. The summed E-state index contributed by atoms with van der Waals surface area (Å²) in [5.41, 5.74) is 0.756. The van der Waals surface area contributed by atoms with Gasteiger partial charge in [-0.25, -0.2) is 13.2 Å². The Labute approximate surface area is 160 Å². The quantitative estimate of drug-likeness (QED) is 0.329. The van der Waals surface area contributed by atoms with Crippen molar-refractivity contribution in [2.24, 2.45) is 0 Å². The van der Waals surface area contributed by atoms with Crippen LogP contribution in [0.5, 0.6) is 0 Å². The van der Waals surface area contributed by atoms with Gasteiger partial charge in [-0.15, -0.1) is 0 Å². The van der Waals surface area contributed by atoms with Crippen LogP contribution in [0.3, 0.4) is 0 Å². The van der Waals surface area contributed by atoms with Gasteiger partial charge in [0, 0.05) is 15.7 Å². The summed E-state index contributed by atoms with van der Waals surface area (Å²) >= 11 is 2.20. The van der Waals surface area contributed by atoms with Crippen LogP contribution >= 0.6 is 22.6 Å². The Morgan fingerprint density at radius 2 is 1.92 bits per heavy atom. The Morgan fingerprint density at radius 3 is 2.64 bits per heavy atom. The number of unbranched alkanes of at least 4 members (excludes halogenated alkanes) is 1. The molecule has 9 heteroatoms. The van der Waals surface area contributed by atoms with E-state index in [2.05, 4.69) is 38.5 Å². The SMILES string of the molecule is O=C(CCCC[C@@H]1[C@@H]2NC(=O)N[C@H]2CS1(=O)=O)Nc1ccc(I)cc1. The van der Waals surface area contributed by atoms with Gasteiger partial charge < -0.3 is 16.0 Å². The van der Waals surface area contributed by atoms with Gasteiger partial charge in [-0.2, -0.15) is 0 Å². The summed E-state index contributed by atoms with van der Waals surface area (Å²) in [4.78, 5) is 23.3. The molecule has 0 aliphatic carbocycles. The summed E-state index contributed by atoms with van der Waals surface area (Å²) in [6, 6.07) is 6.56. The lowest BCUT2D eigenvalue weighted by molar-refractivity contribution is -0.116. The summed E-state index contributed by atoms with van der Waals surface area (Å²) in [5.74, 6) is -0.0850. The third kappa shape index (κ3) is 4.43. The van der Waals surface area contributed by atoms with Crippen molar-refractivity contribution in [2.75, 3.05) is 11.1 Å². The van der Waals surface area contributed by atoms with Crippen LogP contribution in [-0.4, -0.2) is 43.4 Å². The number of hydrogen-bond acceptors (Lipinski definition) is 4. The zero-order valence-corrected chi connectivity index (χ0v) is 16.5. The van der Waals surface area contributed by atoms with Gasteiger partial charge in [0.2, 0.25) is 5.91 Å². The van der Waals surface area contributed by atoms with E-state index in [1.165, 1.54) is 0 Å². The van der Waals surface area contributed by atoms with Crippen LogP contribution in [0.25, 0.3) is 0 Å². The van der Waals surface area contributed by atoms with E-state index in [9.17, 15) is 18.0 Å². The predicted molar refractivity (Wildman–Crippen MR) is 103 cm³/mol. The molecule has 0 bridgehead atoms. The topological polar surface area (TPSA) is 104 Å². The molecule has 0 saturated carbocycles. The van der Waals surface area contributed by atoms with E-state index in [-0.39, 0.29) is 29.8 Å². The molecule has 2 fully saturated rings. The molecule has 25 heavy (non-hydrogen) atoms. The van der Waals surface area contributed by atoms with E-state index in [0.29, 0.717) is 25.7 Å². The molecule has 3 N–H and O–H groups in total. The maximum absolute atomic E-state index is 12.2. The highest BCUT2D eigenvalue weighted by atomic mass is 127. The number of rotatable bonds is 6. The van der Waals surface area contributed by atoms with Gasteiger partial charge in [-0.3, -0.25) is 4.79 Å². The predicted octanol–water partition coefficient (Wildman–Crippen LogP) is 1.64. The molecule has 1 aromatic rings. The van der Waals surface area contributed by atoms with Crippen LogP contribution in [0, 0.1) is 3.57 Å². The molecule has 0 radical (unpaired) electrons. The number of carbonyl (C=O) groups is 2. The van der Waals surface area contributed by atoms with Crippen molar-refractivity contribution in [3.05, 3.63) is 27.8 Å². The largest absolute Gasteiger partial charge is 0.332 e. The van der Waals surface area contributed by atoms with Crippen LogP contribution < -0.4 is 16.0 Å². The highest BCUT2D eigenvalue weighted by Crippen LogP contribution is 2.28. The second kappa shape index (κ2) is 7.48. The number of urea groups is 1. The molecule has 2 saturated heterocycles. The summed E-state index contributed by atoms with van der Waals surface area (Å²) in [6.07, 6.45) is 2.05. The summed E-state index contributed by atoms with van der Waals surface area (Å²) in [5, 5.41) is 7.62. The fourth-order valence-electron chi connectivity index (χ4n) is 3.39. The molecule has 3 amide bonds. The molecule has 136 valence electrons. The van der Waals surface area contributed by atoms with Crippen LogP contribution in [0.1, 0.15) is 25.7 Å². The highest BCUT2D eigenvalue weighted by molar-refractivity contribution is 14.1. The van der Waals surface area contributed by atoms with Crippen molar-refractivity contribution >= 4 is 50.1 Å². The maximum atomic E-state index is 12.2. The fraction of sp³-hybridized carbons (Fsp3) is 0.500. The first-order valence-corrected chi connectivity index (χ1v) is 11.0. The number of amides is 3. The third-order valence-corrected chi connectivity index (χ3v) is 7.59. The Bertz CT molecular complexity index is 766. The van der Waals surface area contributed by atoms with Gasteiger partial charge in [0.15, 0.2) is 9.84 Å². The average molecular weight is 477 g/mol. The number of carbonyl (C=O) groups excluding carboxylic acids is 2. The number of anilines is 1. The number of benzene rings is 1. The number of fused-ring (bicyclic) bond motifs is 1. The lowest BCUT2D eigenvalue weighted by Gasteiger charge is -2.16. The normalized spacial score (nSPS) is 26.6. The number of hydrogen-bond donors (Lipinski definition) is 3. The number of sulfone groups is 1. The van der Waals surface area contributed by atoms with Crippen molar-refractivity contribution in [3.8, 4) is 0 Å². The average Bonchev–Trinajstić information content (AvgIpc) is 2.98. The molecular formula is C16H20IN3O4S. The van der Waals surface area contributed by atoms with Crippen LogP contribution in [0.15, 0.2) is 24.3 Å². The first-order valence-electron chi connectivity index (χ1n) is 8.19. The van der Waals surface area contributed by atoms with Gasteiger partial charge in [0.25, 0.3) is 0 Å². The molecule has 1 aromatic carbocycles. The van der Waals surface area contributed by atoms with Crippen molar-refractivity contribution in [1.82, 2.24) is 10.6 Å². The van der Waals surface area contributed by atoms with Crippen molar-refractivity contribution in [1.29, 1.82) is 0 Å². The second-order valence-electron chi connectivity index (χ2n) is 6.42. The van der Waals surface area contributed by atoms with Crippen LogP contribution in [-0.2, 0) is 14.6 Å². The molecule has 7 nitrogen and oxygen atoms in total. The molecule has 3 atom stereocenters. The zero-order chi connectivity index (χ0) is 18.0. The number of halogens is 1. The summed E-state index contributed by atoms with van der Waals surface area (Å²) < 4.78 is 25.5. The van der Waals surface area contributed by atoms with Crippen LogP contribution in [0.2, 0.25) is 0 Å². The Kier molecular flexibility index (Phi) is 5.52. The van der Waals surface area contributed by atoms with E-state index in [1.54, 1.807) is 0 Å². The minimum Gasteiger partial charge on any atom is -0.332 e. The molecule has 2 aliphatic heterocycles. The van der Waals surface area contributed by atoms with Gasteiger partial charge in [-0.05, 0) is 59.7 Å². The van der Waals surface area contributed by atoms with E-state index >= 15 is 0 Å². The number of nitrogens with one attached hydrogen (secondary N) is 3. The Hall–Kier alpha value is -1.36. The van der Waals surface area contributed by atoms with Gasteiger partial charge >= 0.3 is 6.03 Å². The van der Waals surface area contributed by atoms with Gasteiger partial charge in [0.05, 0.1) is 23.1 Å². The summed E-state index contributed by atoms with van der Waals surface area (Å²) in [7, 11) is -3.20. The minimum atomic E-state index is -3.20. The standard InChI is InChI=1S/C16H20IN3O4S/c17-10-5-7-11(8-6-10)18-14(21)4-2-1-3-13-15-12(9-25(13,23)24)19-16(22)20-15/h5-8,12-13,15H,1-4,9H2,(H,18,21)(H2,19,20,22)/t12-,13+,15+/m0/s1. The van der Waals surface area contributed by atoms with E-state index < -0.39 is 15.1 Å². The molecular weight excluding hydrogens is 457 g/mol.